The van der Waals surface area contributed by atoms with Crippen LogP contribution >= 0.6 is 27.3 Å². The smallest absolute Gasteiger partial charge is 0.185 e. The highest BCUT2D eigenvalue weighted by Crippen LogP contribution is 2.36. The van der Waals surface area contributed by atoms with Gasteiger partial charge in [-0.1, -0.05) is 0 Å². The van der Waals surface area contributed by atoms with Crippen molar-refractivity contribution < 1.29 is 0 Å². The van der Waals surface area contributed by atoms with Crippen molar-refractivity contribution in [3.8, 4) is 0 Å². The summed E-state index contributed by atoms with van der Waals surface area (Å²) in [4.78, 5) is 8.63. The van der Waals surface area contributed by atoms with E-state index in [0.29, 0.717) is 6.04 Å². The molecule has 3 heterocycles. The molecule has 0 N–H and O–H groups in total. The summed E-state index contributed by atoms with van der Waals surface area (Å²) in [6, 6.07) is 0.495. The molecule has 0 saturated carbocycles. The van der Waals surface area contributed by atoms with E-state index in [-0.39, 0.29) is 0 Å². The molecule has 0 atom stereocenters. The van der Waals surface area contributed by atoms with Crippen LogP contribution in [0.5, 0.6) is 0 Å². The van der Waals surface area contributed by atoms with Gasteiger partial charge in [0.25, 0.3) is 0 Å². The van der Waals surface area contributed by atoms with Crippen LogP contribution in [0, 0.1) is 0 Å². The molecule has 0 amide bonds. The first kappa shape index (κ1) is 11.0. The first-order valence-electron chi connectivity index (χ1n) is 6.23. The predicted octanol–water partition coefficient (Wildman–Crippen LogP) is 2.65. The number of aryl methyl sites for hydroxylation is 2. The van der Waals surface area contributed by atoms with Gasteiger partial charge in [-0.2, -0.15) is 5.10 Å². The summed E-state index contributed by atoms with van der Waals surface area (Å²) in [7, 11) is 0. The van der Waals surface area contributed by atoms with Crippen LogP contribution in [0.4, 0.5) is 5.13 Å². The summed E-state index contributed by atoms with van der Waals surface area (Å²) in [5, 5.41) is 5.55. The third kappa shape index (κ3) is 1.70. The van der Waals surface area contributed by atoms with Crippen molar-refractivity contribution in [3.05, 3.63) is 27.4 Å². The van der Waals surface area contributed by atoms with Gasteiger partial charge in [-0.25, -0.2) is 4.98 Å². The lowest BCUT2D eigenvalue weighted by atomic mass is 10.1. The average Bonchev–Trinajstić information content (AvgIpc) is 2.91. The highest BCUT2D eigenvalue weighted by atomic mass is 79.9. The Kier molecular flexibility index (Phi) is 2.48. The zero-order valence-corrected chi connectivity index (χ0v) is 12.2. The van der Waals surface area contributed by atoms with Crippen molar-refractivity contribution >= 4 is 32.4 Å². The molecule has 18 heavy (non-hydrogen) atoms. The lowest BCUT2D eigenvalue weighted by Gasteiger charge is -2.39. The largest absolute Gasteiger partial charge is 0.344 e. The quantitative estimate of drug-likeness (QED) is 0.851. The van der Waals surface area contributed by atoms with E-state index in [1.54, 1.807) is 0 Å². The van der Waals surface area contributed by atoms with Crippen molar-refractivity contribution in [2.24, 2.45) is 0 Å². The van der Waals surface area contributed by atoms with Crippen LogP contribution in [0.1, 0.15) is 23.0 Å². The van der Waals surface area contributed by atoms with Gasteiger partial charge < -0.3 is 4.90 Å². The Morgan fingerprint density at radius 1 is 1.33 bits per heavy atom. The van der Waals surface area contributed by atoms with E-state index in [1.165, 1.54) is 35.0 Å². The zero-order valence-electron chi connectivity index (χ0n) is 9.84. The third-order valence-electron chi connectivity index (χ3n) is 3.66. The summed E-state index contributed by atoms with van der Waals surface area (Å²) >= 11 is 5.32. The molecule has 0 bridgehead atoms. The minimum absolute atomic E-state index is 0.495. The molecule has 0 radical (unpaired) electrons. The van der Waals surface area contributed by atoms with Gasteiger partial charge in [0.2, 0.25) is 0 Å². The number of rotatable bonds is 2. The summed E-state index contributed by atoms with van der Waals surface area (Å²) in [6.07, 6.45) is 7.59. The third-order valence-corrected chi connectivity index (χ3v) is 5.29. The molecule has 94 valence electrons. The Bertz CT molecular complexity index is 563. The molecular weight excluding hydrogens is 312 g/mol. The first-order chi connectivity index (χ1) is 8.79. The van der Waals surface area contributed by atoms with E-state index in [4.69, 9.17) is 4.98 Å². The van der Waals surface area contributed by atoms with Gasteiger partial charge in [0.15, 0.2) is 5.13 Å². The van der Waals surface area contributed by atoms with Crippen LogP contribution in [-0.4, -0.2) is 27.9 Å². The summed E-state index contributed by atoms with van der Waals surface area (Å²) in [5.74, 6) is 0. The van der Waals surface area contributed by atoms with E-state index >= 15 is 0 Å². The molecule has 1 aliphatic carbocycles. The van der Waals surface area contributed by atoms with Crippen molar-refractivity contribution in [3.63, 3.8) is 0 Å². The molecule has 2 aliphatic rings. The van der Waals surface area contributed by atoms with Gasteiger partial charge in [-0.05, 0) is 35.2 Å². The van der Waals surface area contributed by atoms with Gasteiger partial charge >= 0.3 is 0 Å². The van der Waals surface area contributed by atoms with Gasteiger partial charge in [-0.15, -0.1) is 11.3 Å². The number of hydrogen-bond acceptors (Lipinski definition) is 4. The Morgan fingerprint density at radius 2 is 2.22 bits per heavy atom. The van der Waals surface area contributed by atoms with Gasteiger partial charge in [-0.3, -0.25) is 4.68 Å². The molecule has 0 spiro atoms. The second kappa shape index (κ2) is 4.06. The topological polar surface area (TPSA) is 34.0 Å². The van der Waals surface area contributed by atoms with Crippen LogP contribution < -0.4 is 4.90 Å². The maximum Gasteiger partial charge on any atom is 0.185 e. The molecule has 4 rings (SSSR count). The van der Waals surface area contributed by atoms with Gasteiger partial charge in [0, 0.05) is 24.2 Å². The second-order valence-corrected chi connectivity index (χ2v) is 6.89. The molecule has 1 saturated heterocycles. The van der Waals surface area contributed by atoms with Gasteiger partial charge in [0.1, 0.15) is 0 Å². The predicted molar refractivity (Wildman–Crippen MR) is 75.3 cm³/mol. The second-order valence-electron chi connectivity index (χ2n) is 4.92. The van der Waals surface area contributed by atoms with Crippen molar-refractivity contribution in [2.75, 3.05) is 18.0 Å². The Labute approximate surface area is 118 Å². The number of halogens is 1. The van der Waals surface area contributed by atoms with E-state index in [1.807, 2.05) is 28.4 Å². The summed E-state index contributed by atoms with van der Waals surface area (Å²) in [5.41, 5.74) is 1.35. The molecule has 0 aromatic carbocycles. The van der Waals surface area contributed by atoms with Crippen molar-refractivity contribution in [1.82, 2.24) is 14.8 Å². The highest BCUT2D eigenvalue weighted by Gasteiger charge is 2.32. The highest BCUT2D eigenvalue weighted by molar-refractivity contribution is 9.10. The summed E-state index contributed by atoms with van der Waals surface area (Å²) in [6.45, 7) is 2.06. The van der Waals surface area contributed by atoms with Crippen LogP contribution in [0.3, 0.4) is 0 Å². The molecule has 1 fully saturated rings. The molecular formula is C12H13BrN4S. The zero-order chi connectivity index (χ0) is 12.1. The number of hydrogen-bond donors (Lipinski definition) is 0. The molecule has 0 unspecified atom stereocenters. The average molecular weight is 325 g/mol. The fourth-order valence-electron chi connectivity index (χ4n) is 2.61. The van der Waals surface area contributed by atoms with Crippen molar-refractivity contribution in [1.29, 1.82) is 0 Å². The van der Waals surface area contributed by atoms with Crippen LogP contribution in [-0.2, 0) is 12.8 Å². The molecule has 4 nitrogen and oxygen atoms in total. The minimum Gasteiger partial charge on any atom is -0.344 e. The molecule has 6 heteroatoms. The maximum atomic E-state index is 4.75. The van der Waals surface area contributed by atoms with E-state index < -0.39 is 0 Å². The van der Waals surface area contributed by atoms with Crippen molar-refractivity contribution in [2.45, 2.75) is 25.3 Å². The van der Waals surface area contributed by atoms with Crippen LogP contribution in [0.15, 0.2) is 16.9 Å². The molecule has 2 aromatic rings. The number of thiazole rings is 1. The number of nitrogens with zero attached hydrogens (tertiary/aromatic N) is 4. The minimum atomic E-state index is 0.495. The normalized spacial score (nSPS) is 19.1. The van der Waals surface area contributed by atoms with E-state index in [2.05, 4.69) is 25.9 Å². The lowest BCUT2D eigenvalue weighted by Crippen LogP contribution is -2.48. The number of anilines is 1. The lowest BCUT2D eigenvalue weighted by molar-refractivity contribution is 0.367. The van der Waals surface area contributed by atoms with Gasteiger partial charge in [0.05, 0.1) is 22.4 Å². The number of fused-ring (bicyclic) bond motifs is 1. The number of aromatic nitrogens is 3. The first-order valence-corrected chi connectivity index (χ1v) is 7.84. The fraction of sp³-hybridized carbons (Fsp3) is 0.500. The fourth-order valence-corrected chi connectivity index (χ4v) is 4.07. The Hall–Kier alpha value is -0.880. The van der Waals surface area contributed by atoms with E-state index in [0.717, 1.165) is 17.6 Å². The Balaban J connectivity index is 1.47. The standard InChI is InChI=1S/C12H13BrN4S/c13-8-4-14-17(5-8)9-6-16(7-9)12-15-10-2-1-3-11(10)18-12/h4-5,9H,1-3,6-7H2. The monoisotopic (exact) mass is 324 g/mol. The molecule has 2 aromatic heterocycles. The van der Waals surface area contributed by atoms with Crippen LogP contribution in [0.2, 0.25) is 0 Å². The SMILES string of the molecule is Brc1cnn(C2CN(c3nc4c(s3)CCC4)C2)c1. The Morgan fingerprint density at radius 3 is 2.94 bits per heavy atom. The van der Waals surface area contributed by atoms with Crippen LogP contribution in [0.25, 0.3) is 0 Å². The van der Waals surface area contributed by atoms with E-state index in [9.17, 15) is 0 Å². The maximum absolute atomic E-state index is 4.75. The molecule has 1 aliphatic heterocycles. The summed E-state index contributed by atoms with van der Waals surface area (Å²) < 4.78 is 3.09.